The van der Waals surface area contributed by atoms with Gasteiger partial charge in [0.2, 0.25) is 0 Å². The van der Waals surface area contributed by atoms with Crippen LogP contribution in [-0.4, -0.2) is 15.0 Å². The Morgan fingerprint density at radius 3 is 3.08 bits per heavy atom. The normalized spacial score (nSPS) is 10.0. The lowest BCUT2D eigenvalue weighted by atomic mass is 10.3. The van der Waals surface area contributed by atoms with Gasteiger partial charge in [0.15, 0.2) is 5.69 Å². The summed E-state index contributed by atoms with van der Waals surface area (Å²) in [7, 11) is 0. The minimum atomic E-state index is 0.421. The van der Waals surface area contributed by atoms with Gasteiger partial charge in [0.1, 0.15) is 18.0 Å². The van der Waals surface area contributed by atoms with Gasteiger partial charge in [-0.05, 0) is 13.0 Å². The van der Waals surface area contributed by atoms with E-state index >= 15 is 0 Å². The number of fused-ring (bicyclic) bond motifs is 1. The second-order valence-electron chi connectivity index (χ2n) is 2.55. The molecular weight excluding hydrogens is 152 g/mol. The number of H-pyrrole nitrogens is 1. The molecule has 0 atom stereocenters. The summed E-state index contributed by atoms with van der Waals surface area (Å²) in [6.07, 6.45) is 1.39. The topological polar surface area (TPSA) is 65.4 Å². The average molecular weight is 158 g/mol. The average Bonchev–Trinajstić information content (AvgIpc) is 2.44. The van der Waals surface area contributed by atoms with Crippen LogP contribution in [0.3, 0.4) is 0 Å². The molecule has 0 fully saturated rings. The summed E-state index contributed by atoms with van der Waals surface area (Å²) >= 11 is 0. The first-order valence-corrected chi connectivity index (χ1v) is 3.51. The standard InChI is InChI=1S/C8H6N4/c1-5-2-6-7(3-9)10-4-11-8(6)12-5/h2,4H,1H3,(H,10,11,12). The number of aromatic nitrogens is 3. The highest BCUT2D eigenvalue weighted by Crippen LogP contribution is 2.13. The van der Waals surface area contributed by atoms with Crippen LogP contribution >= 0.6 is 0 Å². The van der Waals surface area contributed by atoms with Crippen LogP contribution < -0.4 is 0 Å². The van der Waals surface area contributed by atoms with E-state index in [1.165, 1.54) is 6.33 Å². The third kappa shape index (κ3) is 0.839. The number of hydrogen-bond donors (Lipinski definition) is 1. The minimum Gasteiger partial charge on any atom is -0.343 e. The van der Waals surface area contributed by atoms with Crippen molar-refractivity contribution in [1.82, 2.24) is 15.0 Å². The van der Waals surface area contributed by atoms with Crippen LogP contribution in [0.25, 0.3) is 11.0 Å². The summed E-state index contributed by atoms with van der Waals surface area (Å²) in [5.74, 6) is 0. The molecular formula is C8H6N4. The van der Waals surface area contributed by atoms with Gasteiger partial charge in [-0.1, -0.05) is 0 Å². The second kappa shape index (κ2) is 2.31. The molecule has 0 aromatic carbocycles. The van der Waals surface area contributed by atoms with Gasteiger partial charge in [0, 0.05) is 5.69 Å². The van der Waals surface area contributed by atoms with Gasteiger partial charge in [0.25, 0.3) is 0 Å². The Morgan fingerprint density at radius 2 is 2.33 bits per heavy atom. The molecule has 0 aliphatic heterocycles. The van der Waals surface area contributed by atoms with Crippen LogP contribution in [0.5, 0.6) is 0 Å². The monoisotopic (exact) mass is 158 g/mol. The molecule has 0 aliphatic rings. The quantitative estimate of drug-likeness (QED) is 0.625. The molecule has 0 saturated heterocycles. The number of hydrogen-bond acceptors (Lipinski definition) is 3. The Morgan fingerprint density at radius 1 is 1.50 bits per heavy atom. The van der Waals surface area contributed by atoms with Crippen LogP contribution in [0, 0.1) is 18.3 Å². The van der Waals surface area contributed by atoms with Crippen LogP contribution in [0.4, 0.5) is 0 Å². The molecule has 0 saturated carbocycles. The Hall–Kier alpha value is -1.89. The summed E-state index contributed by atoms with van der Waals surface area (Å²) in [6, 6.07) is 3.88. The molecule has 0 spiro atoms. The van der Waals surface area contributed by atoms with Crippen molar-refractivity contribution in [3.8, 4) is 6.07 Å². The molecule has 2 aromatic rings. The summed E-state index contributed by atoms with van der Waals surface area (Å²) in [4.78, 5) is 10.9. The number of nitriles is 1. The van der Waals surface area contributed by atoms with Crippen LogP contribution in [0.2, 0.25) is 0 Å². The molecule has 1 N–H and O–H groups in total. The van der Waals surface area contributed by atoms with E-state index in [4.69, 9.17) is 5.26 Å². The molecule has 12 heavy (non-hydrogen) atoms. The predicted octanol–water partition coefficient (Wildman–Crippen LogP) is 1.14. The van der Waals surface area contributed by atoms with E-state index in [0.717, 1.165) is 16.7 Å². The van der Waals surface area contributed by atoms with Crippen LogP contribution in [0.1, 0.15) is 11.4 Å². The van der Waals surface area contributed by atoms with E-state index in [9.17, 15) is 0 Å². The number of nitrogens with one attached hydrogen (secondary N) is 1. The zero-order valence-electron chi connectivity index (χ0n) is 6.50. The fourth-order valence-electron chi connectivity index (χ4n) is 1.16. The van der Waals surface area contributed by atoms with Crippen molar-refractivity contribution >= 4 is 11.0 Å². The van der Waals surface area contributed by atoms with Crippen molar-refractivity contribution in [3.05, 3.63) is 23.8 Å². The molecule has 0 amide bonds. The highest BCUT2D eigenvalue weighted by molar-refractivity contribution is 5.81. The molecule has 0 aliphatic carbocycles. The van der Waals surface area contributed by atoms with Crippen molar-refractivity contribution in [2.24, 2.45) is 0 Å². The van der Waals surface area contributed by atoms with Crippen LogP contribution in [-0.2, 0) is 0 Å². The van der Waals surface area contributed by atoms with E-state index in [1.54, 1.807) is 0 Å². The molecule has 2 aromatic heterocycles. The minimum absolute atomic E-state index is 0.421. The zero-order valence-corrected chi connectivity index (χ0v) is 6.50. The summed E-state index contributed by atoms with van der Waals surface area (Å²) < 4.78 is 0. The van der Waals surface area contributed by atoms with Crippen LogP contribution in [0.15, 0.2) is 12.4 Å². The van der Waals surface area contributed by atoms with Gasteiger partial charge in [-0.15, -0.1) is 0 Å². The van der Waals surface area contributed by atoms with Gasteiger partial charge in [-0.25, -0.2) is 9.97 Å². The molecule has 2 rings (SSSR count). The summed E-state index contributed by atoms with van der Waals surface area (Å²) in [5.41, 5.74) is 2.13. The first kappa shape index (κ1) is 6.80. The van der Waals surface area contributed by atoms with E-state index < -0.39 is 0 Å². The Balaban J connectivity index is 2.89. The third-order valence-electron chi connectivity index (χ3n) is 1.67. The number of aryl methyl sites for hydroxylation is 1. The van der Waals surface area contributed by atoms with Gasteiger partial charge in [0.05, 0.1) is 5.39 Å². The lowest BCUT2D eigenvalue weighted by Crippen LogP contribution is -1.84. The first-order chi connectivity index (χ1) is 5.81. The Labute approximate surface area is 68.9 Å². The Kier molecular flexibility index (Phi) is 1.31. The number of nitrogens with zero attached hydrogens (tertiary/aromatic N) is 3. The number of aromatic amines is 1. The summed E-state index contributed by atoms with van der Waals surface area (Å²) in [6.45, 7) is 1.92. The highest BCUT2D eigenvalue weighted by Gasteiger charge is 2.03. The van der Waals surface area contributed by atoms with Crippen molar-refractivity contribution in [2.45, 2.75) is 6.92 Å². The van der Waals surface area contributed by atoms with Crippen molar-refractivity contribution in [2.75, 3.05) is 0 Å². The molecule has 58 valence electrons. The van der Waals surface area contributed by atoms with Crippen molar-refractivity contribution < 1.29 is 0 Å². The summed E-state index contributed by atoms with van der Waals surface area (Å²) in [5, 5.41) is 9.48. The molecule has 0 radical (unpaired) electrons. The maximum absolute atomic E-state index is 8.69. The second-order valence-corrected chi connectivity index (χ2v) is 2.55. The van der Waals surface area contributed by atoms with E-state index in [0.29, 0.717) is 5.69 Å². The van der Waals surface area contributed by atoms with E-state index in [1.807, 2.05) is 19.1 Å². The predicted molar refractivity (Wildman–Crippen MR) is 43.3 cm³/mol. The molecule has 4 nitrogen and oxygen atoms in total. The van der Waals surface area contributed by atoms with Gasteiger partial charge in [-0.3, -0.25) is 0 Å². The largest absolute Gasteiger partial charge is 0.343 e. The lowest BCUT2D eigenvalue weighted by Gasteiger charge is -1.88. The van der Waals surface area contributed by atoms with E-state index in [-0.39, 0.29) is 0 Å². The third-order valence-corrected chi connectivity index (χ3v) is 1.67. The zero-order chi connectivity index (χ0) is 8.55. The van der Waals surface area contributed by atoms with Crippen molar-refractivity contribution in [1.29, 1.82) is 5.26 Å². The maximum atomic E-state index is 8.69. The molecule has 4 heteroatoms. The van der Waals surface area contributed by atoms with Gasteiger partial charge in [-0.2, -0.15) is 5.26 Å². The smallest absolute Gasteiger partial charge is 0.153 e. The maximum Gasteiger partial charge on any atom is 0.153 e. The molecule has 2 heterocycles. The fourth-order valence-corrected chi connectivity index (χ4v) is 1.16. The highest BCUT2D eigenvalue weighted by atomic mass is 14.9. The van der Waals surface area contributed by atoms with E-state index in [2.05, 4.69) is 15.0 Å². The lowest BCUT2D eigenvalue weighted by molar-refractivity contribution is 1.16. The van der Waals surface area contributed by atoms with Gasteiger partial charge >= 0.3 is 0 Å². The fraction of sp³-hybridized carbons (Fsp3) is 0.125. The molecule has 0 bridgehead atoms. The first-order valence-electron chi connectivity index (χ1n) is 3.51. The SMILES string of the molecule is Cc1cc2c(C#N)ncnc2[nH]1. The molecule has 0 unspecified atom stereocenters. The van der Waals surface area contributed by atoms with Crippen molar-refractivity contribution in [3.63, 3.8) is 0 Å². The number of rotatable bonds is 0. The Bertz CT molecular complexity index is 463. The van der Waals surface area contributed by atoms with Gasteiger partial charge < -0.3 is 4.98 Å².